The zero-order chi connectivity index (χ0) is 21.9. The molecule has 0 aromatic heterocycles. The number of aryl methyl sites for hydroxylation is 1. The second-order valence-corrected chi connectivity index (χ2v) is 8.63. The number of ether oxygens (including phenoxy) is 2. The molecule has 2 saturated heterocycles. The smallest absolute Gasteiger partial charge is 0.191 e. The maximum atomic E-state index is 5.76. The van der Waals surface area contributed by atoms with Gasteiger partial charge in [0.2, 0.25) is 0 Å². The predicted octanol–water partition coefficient (Wildman–Crippen LogP) is 2.03. The number of piperazine rings is 1. The highest BCUT2D eigenvalue weighted by atomic mass is 16.5. The molecule has 0 aliphatic carbocycles. The first-order valence-corrected chi connectivity index (χ1v) is 11.8. The topological polar surface area (TPSA) is 61.4 Å². The van der Waals surface area contributed by atoms with Gasteiger partial charge in [0.25, 0.3) is 0 Å². The van der Waals surface area contributed by atoms with Crippen molar-refractivity contribution in [3.05, 3.63) is 29.3 Å². The van der Waals surface area contributed by atoms with Crippen LogP contribution in [0, 0.1) is 19.8 Å². The van der Waals surface area contributed by atoms with Crippen molar-refractivity contribution >= 4 is 11.6 Å². The summed E-state index contributed by atoms with van der Waals surface area (Å²) >= 11 is 0. The summed E-state index contributed by atoms with van der Waals surface area (Å²) in [5.41, 5.74) is 4.17. The molecule has 31 heavy (non-hydrogen) atoms. The molecule has 0 bridgehead atoms. The third-order valence-corrected chi connectivity index (χ3v) is 6.37. The van der Waals surface area contributed by atoms with Crippen molar-refractivity contribution in [2.24, 2.45) is 10.9 Å². The molecule has 3 rings (SSSR count). The summed E-state index contributed by atoms with van der Waals surface area (Å²) in [5, 5.41) is 6.82. The summed E-state index contributed by atoms with van der Waals surface area (Å²) in [5.74, 6) is 1.46. The van der Waals surface area contributed by atoms with Gasteiger partial charge in [0.1, 0.15) is 0 Å². The normalized spacial score (nSPS) is 20.3. The fraction of sp³-hybridized carbons (Fsp3) is 0.708. The average Bonchev–Trinajstić information content (AvgIpc) is 3.31. The van der Waals surface area contributed by atoms with E-state index in [1.54, 1.807) is 0 Å². The van der Waals surface area contributed by atoms with Gasteiger partial charge in [0, 0.05) is 77.7 Å². The lowest BCUT2D eigenvalue weighted by atomic mass is 10.1. The van der Waals surface area contributed by atoms with Crippen molar-refractivity contribution in [1.29, 1.82) is 0 Å². The average molecular weight is 432 g/mol. The van der Waals surface area contributed by atoms with Crippen molar-refractivity contribution in [3.63, 3.8) is 0 Å². The monoisotopic (exact) mass is 431 g/mol. The Morgan fingerprint density at radius 1 is 1.16 bits per heavy atom. The molecule has 2 aliphatic rings. The zero-order valence-electron chi connectivity index (χ0n) is 19.7. The molecule has 0 radical (unpaired) electrons. The molecule has 2 aliphatic heterocycles. The largest absolute Gasteiger partial charge is 0.381 e. The first kappa shape index (κ1) is 23.8. The standard InChI is InChI=1S/C24H41N5O2/c1-20-6-4-7-23(21(20)2)29-14-12-28(13-15-29)11-10-27-24(25-3)26-9-5-16-30-18-22-8-17-31-19-22/h4,6-7,22H,5,8-19H2,1-3H3,(H2,25,26,27). The van der Waals surface area contributed by atoms with Crippen molar-refractivity contribution < 1.29 is 9.47 Å². The van der Waals surface area contributed by atoms with E-state index >= 15 is 0 Å². The van der Waals surface area contributed by atoms with Crippen molar-refractivity contribution in [2.45, 2.75) is 26.7 Å². The molecule has 174 valence electrons. The van der Waals surface area contributed by atoms with Gasteiger partial charge in [-0.3, -0.25) is 9.89 Å². The van der Waals surface area contributed by atoms with E-state index in [2.05, 4.69) is 57.5 Å². The van der Waals surface area contributed by atoms with Crippen molar-refractivity contribution in [2.75, 3.05) is 84.2 Å². The van der Waals surface area contributed by atoms with E-state index in [4.69, 9.17) is 9.47 Å². The van der Waals surface area contributed by atoms with Crippen LogP contribution in [0.1, 0.15) is 24.0 Å². The van der Waals surface area contributed by atoms with E-state index in [0.29, 0.717) is 5.92 Å². The van der Waals surface area contributed by atoms with Crippen LogP contribution >= 0.6 is 0 Å². The molecule has 1 aromatic rings. The summed E-state index contributed by atoms with van der Waals surface area (Å²) in [6.07, 6.45) is 2.12. The van der Waals surface area contributed by atoms with Crippen LogP contribution in [0.5, 0.6) is 0 Å². The molecular weight excluding hydrogens is 390 g/mol. The van der Waals surface area contributed by atoms with Gasteiger partial charge in [-0.1, -0.05) is 12.1 Å². The second-order valence-electron chi connectivity index (χ2n) is 8.63. The summed E-state index contributed by atoms with van der Waals surface area (Å²) in [4.78, 5) is 9.38. The molecule has 2 fully saturated rings. The van der Waals surface area contributed by atoms with E-state index in [1.165, 1.54) is 16.8 Å². The molecular formula is C24H41N5O2. The lowest BCUT2D eigenvalue weighted by Crippen LogP contribution is -2.49. The van der Waals surface area contributed by atoms with E-state index in [0.717, 1.165) is 91.0 Å². The van der Waals surface area contributed by atoms with Gasteiger partial charge in [0.05, 0.1) is 13.2 Å². The van der Waals surface area contributed by atoms with E-state index in [-0.39, 0.29) is 0 Å². The van der Waals surface area contributed by atoms with Crippen LogP contribution < -0.4 is 15.5 Å². The molecule has 2 heterocycles. The van der Waals surface area contributed by atoms with Crippen LogP contribution in [0.15, 0.2) is 23.2 Å². The van der Waals surface area contributed by atoms with Crippen LogP contribution in [0.3, 0.4) is 0 Å². The highest BCUT2D eigenvalue weighted by molar-refractivity contribution is 5.79. The first-order valence-electron chi connectivity index (χ1n) is 11.8. The number of nitrogens with zero attached hydrogens (tertiary/aromatic N) is 3. The maximum Gasteiger partial charge on any atom is 0.191 e. The Kier molecular flexibility index (Phi) is 9.90. The van der Waals surface area contributed by atoms with E-state index in [1.807, 2.05) is 7.05 Å². The number of aliphatic imine (C=N–C) groups is 1. The first-order chi connectivity index (χ1) is 15.2. The van der Waals surface area contributed by atoms with Gasteiger partial charge in [-0.25, -0.2) is 0 Å². The van der Waals surface area contributed by atoms with Gasteiger partial charge < -0.3 is 25.0 Å². The Balaban J connectivity index is 1.24. The molecule has 0 spiro atoms. The van der Waals surface area contributed by atoms with Crippen LogP contribution in [0.25, 0.3) is 0 Å². The molecule has 1 atom stereocenters. The minimum atomic E-state index is 0.588. The predicted molar refractivity (Wildman–Crippen MR) is 128 cm³/mol. The van der Waals surface area contributed by atoms with Gasteiger partial charge >= 0.3 is 0 Å². The van der Waals surface area contributed by atoms with Crippen LogP contribution in [-0.2, 0) is 9.47 Å². The summed E-state index contributed by atoms with van der Waals surface area (Å²) in [6.45, 7) is 15.0. The molecule has 0 saturated carbocycles. The molecule has 7 heteroatoms. The molecule has 1 aromatic carbocycles. The fourth-order valence-electron chi connectivity index (χ4n) is 4.19. The number of hydrogen-bond donors (Lipinski definition) is 2. The Hall–Kier alpha value is -1.83. The zero-order valence-corrected chi connectivity index (χ0v) is 19.7. The van der Waals surface area contributed by atoms with E-state index < -0.39 is 0 Å². The number of rotatable bonds is 10. The van der Waals surface area contributed by atoms with Gasteiger partial charge in [0.15, 0.2) is 5.96 Å². The molecule has 7 nitrogen and oxygen atoms in total. The number of guanidine groups is 1. The highest BCUT2D eigenvalue weighted by Gasteiger charge is 2.18. The number of nitrogens with one attached hydrogen (secondary N) is 2. The minimum Gasteiger partial charge on any atom is -0.381 e. The minimum absolute atomic E-state index is 0.588. The summed E-state index contributed by atoms with van der Waals surface area (Å²) in [6, 6.07) is 6.62. The maximum absolute atomic E-state index is 5.76. The summed E-state index contributed by atoms with van der Waals surface area (Å²) in [7, 11) is 1.83. The number of hydrogen-bond acceptors (Lipinski definition) is 5. The van der Waals surface area contributed by atoms with Crippen LogP contribution in [-0.4, -0.2) is 90.1 Å². The molecule has 2 N–H and O–H groups in total. The van der Waals surface area contributed by atoms with Crippen LogP contribution in [0.4, 0.5) is 5.69 Å². The Labute approximate surface area is 188 Å². The van der Waals surface area contributed by atoms with E-state index in [9.17, 15) is 0 Å². The molecule has 1 unspecified atom stereocenters. The highest BCUT2D eigenvalue weighted by Crippen LogP contribution is 2.23. The van der Waals surface area contributed by atoms with Crippen molar-refractivity contribution in [1.82, 2.24) is 15.5 Å². The third kappa shape index (κ3) is 7.66. The van der Waals surface area contributed by atoms with Gasteiger partial charge in [-0.15, -0.1) is 0 Å². The second kappa shape index (κ2) is 12.9. The number of anilines is 1. The third-order valence-electron chi connectivity index (χ3n) is 6.37. The summed E-state index contributed by atoms with van der Waals surface area (Å²) < 4.78 is 11.1. The fourth-order valence-corrected chi connectivity index (χ4v) is 4.19. The Morgan fingerprint density at radius 3 is 2.71 bits per heavy atom. The Morgan fingerprint density at radius 2 is 1.97 bits per heavy atom. The molecule has 0 amide bonds. The van der Waals surface area contributed by atoms with Crippen LogP contribution in [0.2, 0.25) is 0 Å². The SMILES string of the molecule is CN=C(NCCCOCC1CCOC1)NCCN1CCN(c2cccc(C)c2C)CC1. The number of benzene rings is 1. The lowest BCUT2D eigenvalue weighted by Gasteiger charge is -2.37. The lowest BCUT2D eigenvalue weighted by molar-refractivity contribution is 0.0888. The van der Waals surface area contributed by atoms with Gasteiger partial charge in [-0.2, -0.15) is 0 Å². The quantitative estimate of drug-likeness (QED) is 0.336. The van der Waals surface area contributed by atoms with Crippen molar-refractivity contribution in [3.8, 4) is 0 Å². The van der Waals surface area contributed by atoms with Gasteiger partial charge in [-0.05, 0) is 43.9 Å². The Bertz CT molecular complexity index is 683.